The van der Waals surface area contributed by atoms with Gasteiger partial charge in [0.1, 0.15) is 0 Å². The molecule has 2 aromatic rings. The lowest BCUT2D eigenvalue weighted by molar-refractivity contribution is 1.26. The Bertz CT molecular complexity index is 466. The first kappa shape index (κ1) is 10.7. The van der Waals surface area contributed by atoms with Crippen LogP contribution in [0.15, 0.2) is 54.6 Å². The second kappa shape index (κ2) is 5.32. The maximum atomic E-state index is 3.94. The highest BCUT2D eigenvalue weighted by Crippen LogP contribution is 2.13. The fourth-order valence-corrected chi connectivity index (χ4v) is 1.67. The van der Waals surface area contributed by atoms with Crippen molar-refractivity contribution in [1.29, 1.82) is 0 Å². The van der Waals surface area contributed by atoms with Crippen LogP contribution in [0.5, 0.6) is 0 Å². The van der Waals surface area contributed by atoms with Crippen LogP contribution in [0, 0.1) is 6.92 Å². The van der Waals surface area contributed by atoms with Gasteiger partial charge in [0.05, 0.1) is 0 Å². The van der Waals surface area contributed by atoms with E-state index in [2.05, 4.69) is 55.5 Å². The van der Waals surface area contributed by atoms with Gasteiger partial charge in [0.2, 0.25) is 0 Å². The van der Waals surface area contributed by atoms with Crippen molar-refractivity contribution in [2.45, 2.75) is 6.42 Å². The molecule has 0 saturated carbocycles. The molecular formula is C16H15. The van der Waals surface area contributed by atoms with Gasteiger partial charge >= 0.3 is 0 Å². The van der Waals surface area contributed by atoms with Gasteiger partial charge in [0.15, 0.2) is 0 Å². The molecule has 2 rings (SSSR count). The minimum absolute atomic E-state index is 0.829. The molecule has 0 aromatic heterocycles. The van der Waals surface area contributed by atoms with Gasteiger partial charge in [-0.05, 0) is 30.0 Å². The zero-order chi connectivity index (χ0) is 11.2. The maximum absolute atomic E-state index is 3.94. The Morgan fingerprint density at radius 3 is 2.25 bits per heavy atom. The van der Waals surface area contributed by atoms with Crippen molar-refractivity contribution in [3.63, 3.8) is 0 Å². The molecule has 0 aliphatic carbocycles. The van der Waals surface area contributed by atoms with E-state index in [1.165, 1.54) is 16.7 Å². The molecule has 0 unspecified atom stereocenters. The minimum atomic E-state index is 0.829. The Hall–Kier alpha value is -1.82. The van der Waals surface area contributed by atoms with E-state index in [4.69, 9.17) is 0 Å². The molecule has 16 heavy (non-hydrogen) atoms. The summed E-state index contributed by atoms with van der Waals surface area (Å²) in [6, 6.07) is 18.7. The van der Waals surface area contributed by atoms with Gasteiger partial charge in [-0.25, -0.2) is 0 Å². The number of rotatable bonds is 3. The van der Waals surface area contributed by atoms with Crippen LogP contribution < -0.4 is 0 Å². The van der Waals surface area contributed by atoms with Crippen molar-refractivity contribution in [3.8, 4) is 0 Å². The van der Waals surface area contributed by atoms with Crippen LogP contribution in [0.2, 0.25) is 0 Å². The average molecular weight is 207 g/mol. The van der Waals surface area contributed by atoms with Gasteiger partial charge in [-0.2, -0.15) is 0 Å². The molecule has 0 spiro atoms. The fraction of sp³-hybridized carbons (Fsp3) is 0.0625. The van der Waals surface area contributed by atoms with Crippen molar-refractivity contribution in [2.75, 3.05) is 0 Å². The van der Waals surface area contributed by atoms with Crippen molar-refractivity contribution in [1.82, 2.24) is 0 Å². The molecule has 1 radical (unpaired) electrons. The highest BCUT2D eigenvalue weighted by Gasteiger charge is 1.94. The van der Waals surface area contributed by atoms with Gasteiger partial charge in [-0.15, -0.1) is 0 Å². The molecule has 0 amide bonds. The first-order valence-corrected chi connectivity index (χ1v) is 5.50. The average Bonchev–Trinajstić information content (AvgIpc) is 2.38. The largest absolute Gasteiger partial charge is 0.0622 e. The van der Waals surface area contributed by atoms with E-state index >= 15 is 0 Å². The monoisotopic (exact) mass is 207 g/mol. The zero-order valence-electron chi connectivity index (χ0n) is 9.27. The summed E-state index contributed by atoms with van der Waals surface area (Å²) < 4.78 is 0. The summed E-state index contributed by atoms with van der Waals surface area (Å²) in [5, 5.41) is 0. The molecule has 79 valence electrons. The van der Waals surface area contributed by atoms with E-state index in [-0.39, 0.29) is 0 Å². The van der Waals surface area contributed by atoms with Gasteiger partial charge in [-0.3, -0.25) is 0 Å². The molecule has 0 saturated heterocycles. The van der Waals surface area contributed by atoms with Gasteiger partial charge in [0, 0.05) is 0 Å². The maximum Gasteiger partial charge on any atom is -0.0224 e. The second-order valence-electron chi connectivity index (χ2n) is 3.69. The predicted molar refractivity (Wildman–Crippen MR) is 70.9 cm³/mol. The predicted octanol–water partition coefficient (Wildman–Crippen LogP) is 4.23. The van der Waals surface area contributed by atoms with Gasteiger partial charge < -0.3 is 0 Å². The Kier molecular flexibility index (Phi) is 3.55. The molecule has 0 aliphatic rings. The van der Waals surface area contributed by atoms with Crippen LogP contribution >= 0.6 is 0 Å². The smallest absolute Gasteiger partial charge is 0.0224 e. The zero-order valence-corrected chi connectivity index (χ0v) is 9.27. The van der Waals surface area contributed by atoms with Gasteiger partial charge in [0.25, 0.3) is 0 Å². The Labute approximate surface area is 97.3 Å². The number of hydrogen-bond donors (Lipinski definition) is 0. The molecule has 0 N–H and O–H groups in total. The summed E-state index contributed by atoms with van der Waals surface area (Å²) >= 11 is 0. The lowest BCUT2D eigenvalue weighted by Crippen LogP contribution is -1.84. The molecule has 0 atom stereocenters. The normalized spacial score (nSPS) is 10.8. The minimum Gasteiger partial charge on any atom is -0.0622 e. The Morgan fingerprint density at radius 1 is 0.812 bits per heavy atom. The second-order valence-corrected chi connectivity index (χ2v) is 3.69. The SMILES string of the molecule is [CH2]Cc1ccccc1C=Cc1ccccc1. The summed E-state index contributed by atoms with van der Waals surface area (Å²) in [5.41, 5.74) is 3.76. The summed E-state index contributed by atoms with van der Waals surface area (Å²) in [4.78, 5) is 0. The highest BCUT2D eigenvalue weighted by atomic mass is 14.0. The molecule has 0 aliphatic heterocycles. The quantitative estimate of drug-likeness (QED) is 0.660. The lowest BCUT2D eigenvalue weighted by atomic mass is 10.0. The van der Waals surface area contributed by atoms with E-state index in [1.54, 1.807) is 0 Å². The summed E-state index contributed by atoms with van der Waals surface area (Å²) in [7, 11) is 0. The highest BCUT2D eigenvalue weighted by molar-refractivity contribution is 5.71. The van der Waals surface area contributed by atoms with Crippen molar-refractivity contribution < 1.29 is 0 Å². The lowest BCUT2D eigenvalue weighted by Gasteiger charge is -2.01. The fourth-order valence-electron chi connectivity index (χ4n) is 1.67. The van der Waals surface area contributed by atoms with Crippen LogP contribution in [0.25, 0.3) is 12.2 Å². The standard InChI is InChI=1S/C16H15/c1-2-15-10-6-7-11-16(15)13-12-14-8-4-3-5-9-14/h3-13H,1-2H2. The Balaban J connectivity index is 2.24. The van der Waals surface area contributed by atoms with Crippen molar-refractivity contribution >= 4 is 12.2 Å². The van der Waals surface area contributed by atoms with Crippen molar-refractivity contribution in [2.24, 2.45) is 0 Å². The van der Waals surface area contributed by atoms with E-state index in [1.807, 2.05) is 18.2 Å². The topological polar surface area (TPSA) is 0 Å². The van der Waals surface area contributed by atoms with Crippen molar-refractivity contribution in [3.05, 3.63) is 78.2 Å². The Morgan fingerprint density at radius 2 is 1.50 bits per heavy atom. The third-order valence-corrected chi connectivity index (χ3v) is 2.58. The van der Waals surface area contributed by atoms with Crippen LogP contribution in [0.1, 0.15) is 16.7 Å². The summed E-state index contributed by atoms with van der Waals surface area (Å²) in [5.74, 6) is 0. The van der Waals surface area contributed by atoms with E-state index < -0.39 is 0 Å². The molecule has 0 fully saturated rings. The molecule has 0 nitrogen and oxygen atoms in total. The molecule has 0 heteroatoms. The number of hydrogen-bond acceptors (Lipinski definition) is 0. The first-order chi connectivity index (χ1) is 7.90. The van der Waals surface area contributed by atoms with E-state index in [9.17, 15) is 0 Å². The third kappa shape index (κ3) is 2.60. The van der Waals surface area contributed by atoms with Crippen LogP contribution in [-0.2, 0) is 6.42 Å². The molecule has 0 heterocycles. The van der Waals surface area contributed by atoms with Gasteiger partial charge in [-0.1, -0.05) is 66.7 Å². The van der Waals surface area contributed by atoms with Crippen LogP contribution in [0.4, 0.5) is 0 Å². The van der Waals surface area contributed by atoms with E-state index in [0.717, 1.165) is 6.42 Å². The first-order valence-electron chi connectivity index (χ1n) is 5.50. The molecular weight excluding hydrogens is 192 g/mol. The molecule has 2 aromatic carbocycles. The van der Waals surface area contributed by atoms with Crippen LogP contribution in [0.3, 0.4) is 0 Å². The van der Waals surface area contributed by atoms with Crippen LogP contribution in [-0.4, -0.2) is 0 Å². The molecule has 0 bridgehead atoms. The third-order valence-electron chi connectivity index (χ3n) is 2.58. The summed E-state index contributed by atoms with van der Waals surface area (Å²) in [6.45, 7) is 3.94. The number of benzene rings is 2. The summed E-state index contributed by atoms with van der Waals surface area (Å²) in [6.07, 6.45) is 5.11. The van der Waals surface area contributed by atoms with E-state index in [0.29, 0.717) is 0 Å².